The van der Waals surface area contributed by atoms with Crippen LogP contribution < -0.4 is 5.32 Å². The van der Waals surface area contributed by atoms with Crippen molar-refractivity contribution in [3.05, 3.63) is 23.8 Å². The second-order valence-electron chi connectivity index (χ2n) is 3.69. The fourth-order valence-electron chi connectivity index (χ4n) is 1.96. The van der Waals surface area contributed by atoms with E-state index < -0.39 is 6.10 Å². The van der Waals surface area contributed by atoms with Crippen LogP contribution in [0.2, 0.25) is 0 Å². The third kappa shape index (κ3) is 1.40. The third-order valence-corrected chi connectivity index (χ3v) is 2.78. The Hall–Kier alpha value is -1.09. The zero-order chi connectivity index (χ0) is 9.42. The van der Waals surface area contributed by atoms with Gasteiger partial charge < -0.3 is 10.4 Å². The second-order valence-corrected chi connectivity index (χ2v) is 3.69. The summed E-state index contributed by atoms with van der Waals surface area (Å²) in [6.07, 6.45) is 5.67. The Bertz CT molecular complexity index is 293. The van der Waals surface area contributed by atoms with E-state index in [0.29, 0.717) is 6.42 Å². The molecule has 13 heavy (non-hydrogen) atoms. The molecule has 2 rings (SSSR count). The maximum atomic E-state index is 11.1. The Morgan fingerprint density at radius 1 is 1.62 bits per heavy atom. The van der Waals surface area contributed by atoms with Crippen LogP contribution in [-0.2, 0) is 4.79 Å². The molecule has 0 saturated carbocycles. The number of aliphatic hydroxyl groups is 1. The molecule has 70 valence electrons. The van der Waals surface area contributed by atoms with E-state index in [1.54, 1.807) is 0 Å². The van der Waals surface area contributed by atoms with Gasteiger partial charge in [0.05, 0.1) is 6.04 Å². The molecule has 1 aliphatic carbocycles. The van der Waals surface area contributed by atoms with Gasteiger partial charge in [0.1, 0.15) is 6.10 Å². The normalized spacial score (nSPS) is 37.8. The number of hydrogen-bond donors (Lipinski definition) is 2. The van der Waals surface area contributed by atoms with Crippen molar-refractivity contribution in [3.63, 3.8) is 0 Å². The first-order chi connectivity index (χ1) is 6.18. The highest BCUT2D eigenvalue weighted by molar-refractivity contribution is 5.82. The maximum Gasteiger partial charge on any atom is 0.249 e. The molecular weight excluding hydrogens is 166 g/mol. The molecule has 0 radical (unpaired) electrons. The molecule has 0 bridgehead atoms. The zero-order valence-corrected chi connectivity index (χ0v) is 7.53. The number of allylic oxidation sites excluding steroid dienone is 2. The van der Waals surface area contributed by atoms with Crippen LogP contribution in [0.3, 0.4) is 0 Å². The zero-order valence-electron chi connectivity index (χ0n) is 7.53. The highest BCUT2D eigenvalue weighted by atomic mass is 16.3. The minimum absolute atomic E-state index is 0.0842. The van der Waals surface area contributed by atoms with Crippen molar-refractivity contribution in [1.82, 2.24) is 5.32 Å². The molecule has 0 aromatic heterocycles. The number of nitrogens with one attached hydrogen (secondary N) is 1. The summed E-state index contributed by atoms with van der Waals surface area (Å²) in [4.78, 5) is 11.1. The lowest BCUT2D eigenvalue weighted by Crippen LogP contribution is -2.51. The van der Waals surface area contributed by atoms with E-state index in [-0.39, 0.29) is 17.9 Å². The number of hydrogen-bond acceptors (Lipinski definition) is 2. The molecule has 1 aliphatic heterocycles. The summed E-state index contributed by atoms with van der Waals surface area (Å²) in [6.45, 7) is 2.03. The summed E-state index contributed by atoms with van der Waals surface area (Å²) in [5.74, 6) is 0.0262. The van der Waals surface area contributed by atoms with Gasteiger partial charge in [0.2, 0.25) is 5.91 Å². The van der Waals surface area contributed by atoms with Crippen LogP contribution >= 0.6 is 0 Å². The standard InChI is InChI=1S/C10H13NO2/c1-6-3-2-4-8-7(6)5-9(12)10(13)11-8/h2-4,7-9,12H,5H2,1H3,(H,11,13)/t7-,8?,9?/m0/s1. The first-order valence-electron chi connectivity index (χ1n) is 4.52. The molecule has 2 N–H and O–H groups in total. The molecule has 0 spiro atoms. The highest BCUT2D eigenvalue weighted by Crippen LogP contribution is 2.28. The van der Waals surface area contributed by atoms with Crippen molar-refractivity contribution in [1.29, 1.82) is 0 Å². The lowest BCUT2D eigenvalue weighted by molar-refractivity contribution is -0.133. The second kappa shape index (κ2) is 3.00. The number of carbonyl (C=O) groups is 1. The Morgan fingerprint density at radius 3 is 3.15 bits per heavy atom. The average molecular weight is 179 g/mol. The molecule has 1 amide bonds. The van der Waals surface area contributed by atoms with Crippen molar-refractivity contribution < 1.29 is 9.90 Å². The molecule has 3 nitrogen and oxygen atoms in total. The van der Waals surface area contributed by atoms with E-state index in [1.807, 2.05) is 25.2 Å². The van der Waals surface area contributed by atoms with Gasteiger partial charge in [-0.05, 0) is 13.3 Å². The first-order valence-corrected chi connectivity index (χ1v) is 4.52. The number of piperidine rings is 1. The molecule has 3 atom stereocenters. The minimum Gasteiger partial charge on any atom is -0.383 e. The SMILES string of the molecule is CC1=CC=CC2NC(=O)C(O)C[C@@H]12. The third-order valence-electron chi connectivity index (χ3n) is 2.78. The quantitative estimate of drug-likeness (QED) is 0.564. The van der Waals surface area contributed by atoms with Gasteiger partial charge in [0, 0.05) is 5.92 Å². The van der Waals surface area contributed by atoms with Gasteiger partial charge >= 0.3 is 0 Å². The summed E-state index contributed by atoms with van der Waals surface area (Å²) in [5, 5.41) is 12.2. The van der Waals surface area contributed by atoms with E-state index in [2.05, 4.69) is 5.32 Å². The number of aliphatic hydroxyl groups excluding tert-OH is 1. The monoisotopic (exact) mass is 179 g/mol. The lowest BCUT2D eigenvalue weighted by atomic mass is 9.81. The van der Waals surface area contributed by atoms with Gasteiger partial charge in [-0.2, -0.15) is 0 Å². The molecule has 2 unspecified atom stereocenters. The maximum absolute atomic E-state index is 11.1. The summed E-state index contributed by atoms with van der Waals surface area (Å²) >= 11 is 0. The largest absolute Gasteiger partial charge is 0.383 e. The van der Waals surface area contributed by atoms with Crippen LogP contribution in [0.25, 0.3) is 0 Å². The van der Waals surface area contributed by atoms with Crippen molar-refractivity contribution in [2.24, 2.45) is 5.92 Å². The van der Waals surface area contributed by atoms with Crippen molar-refractivity contribution >= 4 is 5.91 Å². The van der Waals surface area contributed by atoms with Gasteiger partial charge in [0.25, 0.3) is 0 Å². The highest BCUT2D eigenvalue weighted by Gasteiger charge is 2.34. The molecule has 0 aromatic carbocycles. The first kappa shape index (κ1) is 8.51. The van der Waals surface area contributed by atoms with Crippen molar-refractivity contribution in [3.8, 4) is 0 Å². The predicted molar refractivity (Wildman–Crippen MR) is 48.9 cm³/mol. The summed E-state index contributed by atoms with van der Waals surface area (Å²) < 4.78 is 0. The molecule has 1 saturated heterocycles. The number of carbonyl (C=O) groups excluding carboxylic acids is 1. The Balaban J connectivity index is 2.20. The molecular formula is C10H13NO2. The number of amides is 1. The van der Waals surface area contributed by atoms with Crippen LogP contribution in [0.1, 0.15) is 13.3 Å². The average Bonchev–Trinajstić information content (AvgIpc) is 2.09. The molecule has 2 aliphatic rings. The van der Waals surface area contributed by atoms with E-state index >= 15 is 0 Å². The molecule has 3 heteroatoms. The predicted octanol–water partition coefficient (Wildman–Crippen LogP) is 0.368. The number of fused-ring (bicyclic) bond motifs is 1. The minimum atomic E-state index is -0.837. The van der Waals surface area contributed by atoms with E-state index in [9.17, 15) is 9.90 Å². The smallest absolute Gasteiger partial charge is 0.249 e. The number of rotatable bonds is 0. The molecule has 1 fully saturated rings. The van der Waals surface area contributed by atoms with E-state index in [4.69, 9.17) is 0 Å². The fraction of sp³-hybridized carbons (Fsp3) is 0.500. The van der Waals surface area contributed by atoms with Crippen LogP contribution in [-0.4, -0.2) is 23.2 Å². The topological polar surface area (TPSA) is 49.3 Å². The van der Waals surface area contributed by atoms with Gasteiger partial charge in [-0.15, -0.1) is 0 Å². The fourth-order valence-corrected chi connectivity index (χ4v) is 1.96. The van der Waals surface area contributed by atoms with Crippen LogP contribution in [0.5, 0.6) is 0 Å². The van der Waals surface area contributed by atoms with Crippen LogP contribution in [0.4, 0.5) is 0 Å². The van der Waals surface area contributed by atoms with E-state index in [1.165, 1.54) is 5.57 Å². The summed E-state index contributed by atoms with van der Waals surface area (Å²) in [7, 11) is 0. The van der Waals surface area contributed by atoms with E-state index in [0.717, 1.165) is 0 Å². The Kier molecular flexibility index (Phi) is 1.96. The summed E-state index contributed by atoms with van der Waals surface area (Å²) in [5.41, 5.74) is 1.23. The lowest BCUT2D eigenvalue weighted by Gasteiger charge is -2.35. The van der Waals surface area contributed by atoms with Crippen molar-refractivity contribution in [2.45, 2.75) is 25.5 Å². The Morgan fingerprint density at radius 2 is 2.38 bits per heavy atom. The van der Waals surface area contributed by atoms with Crippen LogP contribution in [0, 0.1) is 5.92 Å². The van der Waals surface area contributed by atoms with Gasteiger partial charge in [-0.3, -0.25) is 4.79 Å². The summed E-state index contributed by atoms with van der Waals surface area (Å²) in [6, 6.07) is 0.0842. The van der Waals surface area contributed by atoms with Crippen LogP contribution in [0.15, 0.2) is 23.8 Å². The van der Waals surface area contributed by atoms with Gasteiger partial charge in [-0.25, -0.2) is 0 Å². The van der Waals surface area contributed by atoms with Gasteiger partial charge in [-0.1, -0.05) is 23.8 Å². The Labute approximate surface area is 77.1 Å². The van der Waals surface area contributed by atoms with Crippen molar-refractivity contribution in [2.75, 3.05) is 0 Å². The molecule has 0 aromatic rings. The molecule has 1 heterocycles. The van der Waals surface area contributed by atoms with Gasteiger partial charge in [0.15, 0.2) is 0 Å².